The van der Waals surface area contributed by atoms with Crippen LogP contribution < -0.4 is 22.9 Å². The van der Waals surface area contributed by atoms with Gasteiger partial charge in [0.2, 0.25) is 0 Å². The van der Waals surface area contributed by atoms with E-state index >= 15 is 0 Å². The van der Waals surface area contributed by atoms with Crippen molar-refractivity contribution in [2.45, 2.75) is 37.9 Å². The molecule has 1 atom stereocenters. The maximum absolute atomic E-state index is 5.74. The summed E-state index contributed by atoms with van der Waals surface area (Å²) >= 11 is 0. The first kappa shape index (κ1) is 10.8. The summed E-state index contributed by atoms with van der Waals surface area (Å²) < 4.78 is 0. The zero-order valence-electron chi connectivity index (χ0n) is 7.22. The molecule has 0 rings (SSSR count). The first-order valence-electron chi connectivity index (χ1n) is 4.08. The van der Waals surface area contributed by atoms with Gasteiger partial charge in [-0.25, -0.2) is 0 Å². The van der Waals surface area contributed by atoms with Crippen LogP contribution in [-0.2, 0) is 0 Å². The van der Waals surface area contributed by atoms with Gasteiger partial charge in [-0.3, -0.25) is 0 Å². The van der Waals surface area contributed by atoms with Crippen LogP contribution in [0.2, 0.25) is 0 Å². The molecule has 4 nitrogen and oxygen atoms in total. The van der Waals surface area contributed by atoms with Crippen LogP contribution in [0.3, 0.4) is 0 Å². The van der Waals surface area contributed by atoms with Crippen molar-refractivity contribution in [1.29, 1.82) is 0 Å². The van der Waals surface area contributed by atoms with E-state index in [0.717, 1.165) is 12.8 Å². The molecule has 0 aliphatic carbocycles. The van der Waals surface area contributed by atoms with Crippen LogP contribution in [0.4, 0.5) is 0 Å². The van der Waals surface area contributed by atoms with Crippen LogP contribution in [0.1, 0.15) is 26.2 Å². The highest BCUT2D eigenvalue weighted by Gasteiger charge is 2.24. The molecule has 11 heavy (non-hydrogen) atoms. The van der Waals surface area contributed by atoms with Crippen LogP contribution in [0.15, 0.2) is 0 Å². The molecule has 0 bridgehead atoms. The summed E-state index contributed by atoms with van der Waals surface area (Å²) in [5.74, 6) is 0. The fraction of sp³-hybridized carbons (Fsp3) is 1.00. The first-order chi connectivity index (χ1) is 5.04. The number of nitrogens with two attached hydrogens (primary N) is 4. The number of hydrogen-bond acceptors (Lipinski definition) is 4. The van der Waals surface area contributed by atoms with Gasteiger partial charge in [0.05, 0.1) is 5.66 Å². The molecule has 0 aliphatic rings. The minimum atomic E-state index is -0.727. The Morgan fingerprint density at radius 2 is 1.91 bits per heavy atom. The van der Waals surface area contributed by atoms with Crippen LogP contribution in [0.5, 0.6) is 0 Å². The van der Waals surface area contributed by atoms with Gasteiger partial charge in [-0.05, 0) is 25.8 Å². The lowest BCUT2D eigenvalue weighted by molar-refractivity contribution is 0.325. The molecule has 0 saturated carbocycles. The largest absolute Gasteiger partial charge is 0.330 e. The summed E-state index contributed by atoms with van der Waals surface area (Å²) in [6.07, 6.45) is 2.38. The predicted octanol–water partition coefficient (Wildman–Crippen LogP) is -0.924. The lowest BCUT2D eigenvalue weighted by Gasteiger charge is -2.29. The molecule has 0 saturated heterocycles. The van der Waals surface area contributed by atoms with Crippen molar-refractivity contribution >= 4 is 0 Å². The number of rotatable bonds is 5. The van der Waals surface area contributed by atoms with Crippen molar-refractivity contribution in [3.8, 4) is 0 Å². The van der Waals surface area contributed by atoms with E-state index in [1.165, 1.54) is 0 Å². The van der Waals surface area contributed by atoms with Crippen LogP contribution in [-0.4, -0.2) is 18.2 Å². The Kier molecular flexibility index (Phi) is 4.60. The molecule has 0 fully saturated rings. The normalized spacial score (nSPS) is 15.0. The van der Waals surface area contributed by atoms with Gasteiger partial charge in [-0.1, -0.05) is 6.92 Å². The van der Waals surface area contributed by atoms with Gasteiger partial charge >= 0.3 is 0 Å². The molecule has 0 spiro atoms. The molecule has 0 radical (unpaired) electrons. The third kappa shape index (κ3) is 3.67. The molecular formula is C7H20N4. The Morgan fingerprint density at radius 1 is 1.36 bits per heavy atom. The first-order valence-corrected chi connectivity index (χ1v) is 4.08. The fourth-order valence-electron chi connectivity index (χ4n) is 0.869. The van der Waals surface area contributed by atoms with Gasteiger partial charge in [0, 0.05) is 6.04 Å². The van der Waals surface area contributed by atoms with E-state index in [4.69, 9.17) is 22.9 Å². The van der Waals surface area contributed by atoms with E-state index in [2.05, 4.69) is 0 Å². The number of hydrogen-bond donors (Lipinski definition) is 4. The summed E-state index contributed by atoms with van der Waals surface area (Å²) in [6, 6.07) is -0.143. The quantitative estimate of drug-likeness (QED) is 0.390. The maximum atomic E-state index is 5.74. The minimum absolute atomic E-state index is 0.143. The molecule has 8 N–H and O–H groups in total. The highest BCUT2D eigenvalue weighted by atomic mass is 15.0. The van der Waals surface area contributed by atoms with Gasteiger partial charge in [0.25, 0.3) is 0 Å². The van der Waals surface area contributed by atoms with Crippen molar-refractivity contribution in [3.63, 3.8) is 0 Å². The van der Waals surface area contributed by atoms with E-state index in [1.54, 1.807) is 0 Å². The standard InChI is InChI=1S/C7H20N4/c1-2-7(10,11)6(9)4-3-5-8/h6H,2-5,8-11H2,1H3. The van der Waals surface area contributed by atoms with E-state index < -0.39 is 5.66 Å². The Labute approximate surface area is 68.3 Å². The van der Waals surface area contributed by atoms with E-state index in [-0.39, 0.29) is 6.04 Å². The molecule has 0 aromatic rings. The SMILES string of the molecule is CCC(N)(N)C(N)CCCN. The molecule has 0 amide bonds. The van der Waals surface area contributed by atoms with Gasteiger partial charge in [-0.2, -0.15) is 0 Å². The smallest absolute Gasteiger partial charge is 0.0789 e. The van der Waals surface area contributed by atoms with Crippen molar-refractivity contribution in [2.24, 2.45) is 22.9 Å². The molecular weight excluding hydrogens is 140 g/mol. The van der Waals surface area contributed by atoms with Gasteiger partial charge in [0.1, 0.15) is 0 Å². The third-order valence-electron chi connectivity index (χ3n) is 2.02. The molecule has 0 aromatic heterocycles. The third-order valence-corrected chi connectivity index (χ3v) is 2.02. The van der Waals surface area contributed by atoms with Crippen LogP contribution in [0, 0.1) is 0 Å². The molecule has 0 heterocycles. The topological polar surface area (TPSA) is 104 Å². The zero-order chi connectivity index (χ0) is 8.91. The highest BCUT2D eigenvalue weighted by molar-refractivity contribution is 4.86. The highest BCUT2D eigenvalue weighted by Crippen LogP contribution is 2.07. The second kappa shape index (κ2) is 4.66. The monoisotopic (exact) mass is 160 g/mol. The van der Waals surface area contributed by atoms with Gasteiger partial charge in [-0.15, -0.1) is 0 Å². The molecule has 1 unspecified atom stereocenters. The summed E-state index contributed by atoms with van der Waals surface area (Å²) in [5.41, 5.74) is 21.8. The van der Waals surface area contributed by atoms with E-state index in [9.17, 15) is 0 Å². The van der Waals surface area contributed by atoms with E-state index in [1.807, 2.05) is 6.92 Å². The minimum Gasteiger partial charge on any atom is -0.330 e. The maximum Gasteiger partial charge on any atom is 0.0789 e. The summed E-state index contributed by atoms with van der Waals surface area (Å²) in [5, 5.41) is 0. The summed E-state index contributed by atoms with van der Waals surface area (Å²) in [4.78, 5) is 0. The molecule has 0 aromatic carbocycles. The average Bonchev–Trinajstić information content (AvgIpc) is 2.00. The Balaban J connectivity index is 3.71. The van der Waals surface area contributed by atoms with Crippen molar-refractivity contribution in [1.82, 2.24) is 0 Å². The molecule has 4 heteroatoms. The molecule has 0 aliphatic heterocycles. The van der Waals surface area contributed by atoms with Gasteiger partial charge < -0.3 is 22.9 Å². The lowest BCUT2D eigenvalue weighted by atomic mass is 9.96. The Bertz CT molecular complexity index is 103. The fourth-order valence-corrected chi connectivity index (χ4v) is 0.869. The Morgan fingerprint density at radius 3 is 2.27 bits per heavy atom. The second-order valence-corrected chi connectivity index (χ2v) is 3.00. The second-order valence-electron chi connectivity index (χ2n) is 3.00. The van der Waals surface area contributed by atoms with Crippen molar-refractivity contribution < 1.29 is 0 Å². The average molecular weight is 160 g/mol. The Hall–Kier alpha value is -0.160. The van der Waals surface area contributed by atoms with Crippen molar-refractivity contribution in [3.05, 3.63) is 0 Å². The zero-order valence-corrected chi connectivity index (χ0v) is 7.22. The lowest BCUT2D eigenvalue weighted by Crippen LogP contribution is -2.61. The molecule has 68 valence electrons. The van der Waals surface area contributed by atoms with Crippen LogP contribution in [0.25, 0.3) is 0 Å². The summed E-state index contributed by atoms with van der Waals surface area (Å²) in [7, 11) is 0. The van der Waals surface area contributed by atoms with Gasteiger partial charge in [0.15, 0.2) is 0 Å². The van der Waals surface area contributed by atoms with Crippen LogP contribution >= 0.6 is 0 Å². The summed E-state index contributed by atoms with van der Waals surface area (Å²) in [6.45, 7) is 2.58. The van der Waals surface area contributed by atoms with E-state index in [0.29, 0.717) is 13.0 Å². The van der Waals surface area contributed by atoms with Crippen molar-refractivity contribution in [2.75, 3.05) is 6.54 Å². The predicted molar refractivity (Wildman–Crippen MR) is 47.7 cm³/mol.